The fourth-order valence-electron chi connectivity index (χ4n) is 1.91. The van der Waals surface area contributed by atoms with E-state index in [1.54, 1.807) is 55.5 Å². The van der Waals surface area contributed by atoms with Crippen LogP contribution in [0.5, 0.6) is 0 Å². The molecule has 0 unspecified atom stereocenters. The van der Waals surface area contributed by atoms with Crippen molar-refractivity contribution in [3.63, 3.8) is 0 Å². The molecule has 0 radical (unpaired) electrons. The largest absolute Gasteiger partial charge is 0.462 e. The van der Waals surface area contributed by atoms with E-state index in [0.29, 0.717) is 17.9 Å². The molecule has 0 amide bonds. The molecule has 0 aliphatic heterocycles. The average Bonchev–Trinajstić information content (AvgIpc) is 2.49. The molecule has 122 valence electrons. The van der Waals surface area contributed by atoms with Crippen LogP contribution < -0.4 is 10.0 Å². The molecule has 0 aliphatic carbocycles. The maximum Gasteiger partial charge on any atom is 0.338 e. The SMILES string of the molecule is CCOC(=O)c1ccc(Nc2ccc(NS(C)(=O)=O)cc2)cc1. The Labute approximate surface area is 135 Å². The van der Waals surface area contributed by atoms with Crippen LogP contribution in [0, 0.1) is 0 Å². The van der Waals surface area contributed by atoms with Crippen molar-refractivity contribution in [2.45, 2.75) is 6.92 Å². The van der Waals surface area contributed by atoms with Gasteiger partial charge in [0.25, 0.3) is 0 Å². The van der Waals surface area contributed by atoms with Gasteiger partial charge >= 0.3 is 5.97 Å². The van der Waals surface area contributed by atoms with E-state index in [1.807, 2.05) is 0 Å². The highest BCUT2D eigenvalue weighted by Crippen LogP contribution is 2.20. The van der Waals surface area contributed by atoms with E-state index in [9.17, 15) is 13.2 Å². The summed E-state index contributed by atoms with van der Waals surface area (Å²) in [5.41, 5.74) is 2.59. The molecule has 0 atom stereocenters. The molecule has 2 N–H and O–H groups in total. The van der Waals surface area contributed by atoms with Crippen molar-refractivity contribution in [1.82, 2.24) is 0 Å². The third kappa shape index (κ3) is 5.30. The normalized spacial score (nSPS) is 10.9. The summed E-state index contributed by atoms with van der Waals surface area (Å²) in [6, 6.07) is 13.7. The number of hydrogen-bond donors (Lipinski definition) is 2. The Morgan fingerprint density at radius 3 is 1.91 bits per heavy atom. The standard InChI is InChI=1S/C16H18N2O4S/c1-3-22-16(19)12-4-6-13(7-5-12)17-14-8-10-15(11-9-14)18-23(2,20)21/h4-11,17-18H,3H2,1-2H3. The molecule has 7 heteroatoms. The van der Waals surface area contributed by atoms with Crippen LogP contribution in [0.15, 0.2) is 48.5 Å². The molecule has 0 heterocycles. The van der Waals surface area contributed by atoms with Crippen LogP contribution >= 0.6 is 0 Å². The van der Waals surface area contributed by atoms with Gasteiger partial charge in [-0.15, -0.1) is 0 Å². The molecular weight excluding hydrogens is 316 g/mol. The zero-order valence-corrected chi connectivity index (χ0v) is 13.7. The fourth-order valence-corrected chi connectivity index (χ4v) is 2.47. The van der Waals surface area contributed by atoms with Gasteiger partial charge in [0.05, 0.1) is 18.4 Å². The van der Waals surface area contributed by atoms with Crippen molar-refractivity contribution in [2.24, 2.45) is 0 Å². The lowest BCUT2D eigenvalue weighted by Gasteiger charge is -2.09. The lowest BCUT2D eigenvalue weighted by atomic mass is 10.2. The monoisotopic (exact) mass is 334 g/mol. The number of rotatable bonds is 6. The average molecular weight is 334 g/mol. The maximum atomic E-state index is 11.6. The molecule has 0 spiro atoms. The maximum absolute atomic E-state index is 11.6. The summed E-state index contributed by atoms with van der Waals surface area (Å²) >= 11 is 0. The molecule has 23 heavy (non-hydrogen) atoms. The Balaban J connectivity index is 2.03. The lowest BCUT2D eigenvalue weighted by molar-refractivity contribution is 0.0526. The first-order valence-electron chi connectivity index (χ1n) is 6.99. The van der Waals surface area contributed by atoms with E-state index in [-0.39, 0.29) is 5.97 Å². The summed E-state index contributed by atoms with van der Waals surface area (Å²) in [5.74, 6) is -0.352. The fraction of sp³-hybridized carbons (Fsp3) is 0.188. The van der Waals surface area contributed by atoms with Gasteiger partial charge in [-0.05, 0) is 55.5 Å². The molecule has 0 bridgehead atoms. The first kappa shape index (κ1) is 16.8. The van der Waals surface area contributed by atoms with E-state index in [4.69, 9.17) is 4.74 Å². The minimum Gasteiger partial charge on any atom is -0.462 e. The van der Waals surface area contributed by atoms with E-state index < -0.39 is 10.0 Å². The topological polar surface area (TPSA) is 84.5 Å². The molecule has 0 saturated carbocycles. The Bertz CT molecular complexity index is 769. The molecule has 2 rings (SSSR count). The van der Waals surface area contributed by atoms with Gasteiger partial charge in [-0.2, -0.15) is 0 Å². The minimum absolute atomic E-state index is 0.340. The molecule has 0 aromatic heterocycles. The van der Waals surface area contributed by atoms with Gasteiger partial charge in [-0.1, -0.05) is 0 Å². The zero-order valence-electron chi connectivity index (χ0n) is 12.9. The Kier molecular flexibility index (Phi) is 5.23. The zero-order chi connectivity index (χ0) is 16.9. The van der Waals surface area contributed by atoms with Crippen LogP contribution in [0.25, 0.3) is 0 Å². The first-order chi connectivity index (χ1) is 10.9. The summed E-state index contributed by atoms with van der Waals surface area (Å²) in [5, 5.41) is 3.16. The molecule has 2 aromatic carbocycles. The third-order valence-electron chi connectivity index (χ3n) is 2.87. The van der Waals surface area contributed by atoms with Gasteiger partial charge in [0.15, 0.2) is 0 Å². The summed E-state index contributed by atoms with van der Waals surface area (Å²) in [7, 11) is -3.28. The Morgan fingerprint density at radius 1 is 0.957 bits per heavy atom. The Morgan fingerprint density at radius 2 is 1.43 bits per heavy atom. The van der Waals surface area contributed by atoms with Gasteiger partial charge in [-0.3, -0.25) is 4.72 Å². The van der Waals surface area contributed by atoms with Crippen molar-refractivity contribution >= 4 is 33.1 Å². The third-order valence-corrected chi connectivity index (χ3v) is 3.48. The number of esters is 1. The first-order valence-corrected chi connectivity index (χ1v) is 8.88. The quantitative estimate of drug-likeness (QED) is 0.793. The van der Waals surface area contributed by atoms with Crippen LogP contribution in [0.3, 0.4) is 0 Å². The predicted molar refractivity (Wildman–Crippen MR) is 90.6 cm³/mol. The van der Waals surface area contributed by atoms with Gasteiger partial charge in [0.2, 0.25) is 10.0 Å². The second kappa shape index (κ2) is 7.15. The van der Waals surface area contributed by atoms with Crippen LogP contribution in [0.4, 0.5) is 17.1 Å². The van der Waals surface area contributed by atoms with E-state index in [1.165, 1.54) is 0 Å². The van der Waals surface area contributed by atoms with Gasteiger partial charge in [0, 0.05) is 17.1 Å². The van der Waals surface area contributed by atoms with Crippen molar-refractivity contribution in [3.8, 4) is 0 Å². The molecule has 2 aromatic rings. The number of hydrogen-bond acceptors (Lipinski definition) is 5. The Hall–Kier alpha value is -2.54. The van der Waals surface area contributed by atoms with E-state index >= 15 is 0 Å². The highest BCUT2D eigenvalue weighted by Gasteiger charge is 2.06. The second-order valence-electron chi connectivity index (χ2n) is 4.87. The van der Waals surface area contributed by atoms with Gasteiger partial charge < -0.3 is 10.1 Å². The van der Waals surface area contributed by atoms with Crippen LogP contribution in [-0.4, -0.2) is 27.2 Å². The summed E-state index contributed by atoms with van der Waals surface area (Å²) in [6.45, 7) is 2.10. The molecule has 0 saturated heterocycles. The van der Waals surface area contributed by atoms with Crippen molar-refractivity contribution in [3.05, 3.63) is 54.1 Å². The van der Waals surface area contributed by atoms with Crippen LogP contribution in [0.2, 0.25) is 0 Å². The number of sulfonamides is 1. The van der Waals surface area contributed by atoms with E-state index in [2.05, 4.69) is 10.0 Å². The summed E-state index contributed by atoms with van der Waals surface area (Å²) in [4.78, 5) is 11.6. The number of nitrogens with one attached hydrogen (secondary N) is 2. The van der Waals surface area contributed by atoms with Gasteiger partial charge in [-0.25, -0.2) is 13.2 Å². The second-order valence-corrected chi connectivity index (χ2v) is 6.62. The molecule has 0 aliphatic rings. The van der Waals surface area contributed by atoms with Crippen molar-refractivity contribution < 1.29 is 17.9 Å². The highest BCUT2D eigenvalue weighted by atomic mass is 32.2. The van der Waals surface area contributed by atoms with Crippen molar-refractivity contribution in [1.29, 1.82) is 0 Å². The van der Waals surface area contributed by atoms with E-state index in [0.717, 1.165) is 17.6 Å². The number of carbonyl (C=O) groups is 1. The molecule has 0 fully saturated rings. The number of carbonyl (C=O) groups excluding carboxylic acids is 1. The summed E-state index contributed by atoms with van der Waals surface area (Å²) < 4.78 is 29.6. The molecule has 6 nitrogen and oxygen atoms in total. The van der Waals surface area contributed by atoms with Crippen LogP contribution in [-0.2, 0) is 14.8 Å². The highest BCUT2D eigenvalue weighted by molar-refractivity contribution is 7.92. The summed E-state index contributed by atoms with van der Waals surface area (Å²) in [6.07, 6.45) is 1.10. The smallest absolute Gasteiger partial charge is 0.338 e. The number of ether oxygens (including phenoxy) is 1. The molecular formula is C16H18N2O4S. The number of anilines is 3. The van der Waals surface area contributed by atoms with Crippen molar-refractivity contribution in [2.75, 3.05) is 22.9 Å². The number of benzene rings is 2. The van der Waals surface area contributed by atoms with Gasteiger partial charge in [0.1, 0.15) is 0 Å². The lowest BCUT2D eigenvalue weighted by Crippen LogP contribution is -2.09. The minimum atomic E-state index is -3.28. The van der Waals surface area contributed by atoms with Crippen LogP contribution in [0.1, 0.15) is 17.3 Å². The predicted octanol–water partition coefficient (Wildman–Crippen LogP) is 2.98.